The van der Waals surface area contributed by atoms with E-state index in [0.29, 0.717) is 13.2 Å². The molecule has 0 fully saturated rings. The van der Waals surface area contributed by atoms with E-state index in [-0.39, 0.29) is 5.97 Å². The molecule has 1 heterocycles. The van der Waals surface area contributed by atoms with Gasteiger partial charge in [0, 0.05) is 18.9 Å². The molecule has 0 spiro atoms. The molecule has 1 aromatic rings. The molecule has 0 aliphatic rings. The van der Waals surface area contributed by atoms with Crippen LogP contribution in [0.3, 0.4) is 0 Å². The highest BCUT2D eigenvalue weighted by Crippen LogP contribution is 2.01. The predicted octanol–water partition coefficient (Wildman–Crippen LogP) is 1.90. The second kappa shape index (κ2) is 8.64. The quantitative estimate of drug-likeness (QED) is 0.661. The molecule has 0 atom stereocenters. The molecule has 0 saturated carbocycles. The molecule has 1 rings (SSSR count). The summed E-state index contributed by atoms with van der Waals surface area (Å²) in [6.45, 7) is 6.57. The summed E-state index contributed by atoms with van der Waals surface area (Å²) in [6, 6.07) is 4.02. The highest BCUT2D eigenvalue weighted by atomic mass is 16.5. The number of esters is 1. The third-order valence-electron chi connectivity index (χ3n) is 2.66. The van der Waals surface area contributed by atoms with Gasteiger partial charge in [-0.25, -0.2) is 0 Å². The van der Waals surface area contributed by atoms with E-state index < -0.39 is 0 Å². The fourth-order valence-corrected chi connectivity index (χ4v) is 1.81. The number of ether oxygens (including phenoxy) is 1. The minimum atomic E-state index is -0.138. The number of aromatic nitrogens is 1. The first-order valence-corrected chi connectivity index (χ1v) is 6.53. The first-order valence-electron chi connectivity index (χ1n) is 6.53. The average Bonchev–Trinajstić information content (AvgIpc) is 2.38. The molecule has 0 N–H and O–H groups in total. The van der Waals surface area contributed by atoms with Gasteiger partial charge in [-0.1, -0.05) is 6.92 Å². The Morgan fingerprint density at radius 1 is 1.28 bits per heavy atom. The highest BCUT2D eigenvalue weighted by molar-refractivity contribution is 5.71. The first kappa shape index (κ1) is 14.6. The van der Waals surface area contributed by atoms with Crippen LogP contribution in [0.2, 0.25) is 0 Å². The van der Waals surface area contributed by atoms with Crippen LogP contribution in [0.5, 0.6) is 0 Å². The van der Waals surface area contributed by atoms with Crippen molar-refractivity contribution in [2.75, 3.05) is 26.2 Å². The van der Waals surface area contributed by atoms with Crippen LogP contribution in [-0.2, 0) is 16.0 Å². The van der Waals surface area contributed by atoms with E-state index in [0.717, 1.165) is 25.9 Å². The minimum Gasteiger partial charge on any atom is -0.465 e. The van der Waals surface area contributed by atoms with Crippen LogP contribution in [0.25, 0.3) is 0 Å². The van der Waals surface area contributed by atoms with Gasteiger partial charge < -0.3 is 4.74 Å². The summed E-state index contributed by atoms with van der Waals surface area (Å²) in [5.41, 5.74) is 1.25. The fraction of sp³-hybridized carbons (Fsp3) is 0.571. The Labute approximate surface area is 109 Å². The minimum absolute atomic E-state index is 0.138. The Bertz CT molecular complexity index is 341. The predicted molar refractivity (Wildman–Crippen MR) is 71.3 cm³/mol. The molecular weight excluding hydrogens is 228 g/mol. The number of carbonyl (C=O) groups is 1. The van der Waals surface area contributed by atoms with Gasteiger partial charge in [-0.3, -0.25) is 14.7 Å². The second-order valence-electron chi connectivity index (χ2n) is 4.19. The van der Waals surface area contributed by atoms with Gasteiger partial charge in [0.15, 0.2) is 0 Å². The molecule has 0 aliphatic carbocycles. The largest absolute Gasteiger partial charge is 0.465 e. The normalized spacial score (nSPS) is 10.6. The maximum Gasteiger partial charge on any atom is 0.320 e. The van der Waals surface area contributed by atoms with Crippen LogP contribution >= 0.6 is 0 Å². The lowest BCUT2D eigenvalue weighted by molar-refractivity contribution is -0.144. The van der Waals surface area contributed by atoms with Gasteiger partial charge in [0.1, 0.15) is 0 Å². The van der Waals surface area contributed by atoms with E-state index >= 15 is 0 Å². The number of nitrogens with zero attached hydrogens (tertiary/aromatic N) is 2. The summed E-state index contributed by atoms with van der Waals surface area (Å²) in [5, 5.41) is 0. The number of rotatable bonds is 8. The van der Waals surface area contributed by atoms with Gasteiger partial charge in [0.25, 0.3) is 0 Å². The Morgan fingerprint density at radius 3 is 2.61 bits per heavy atom. The molecule has 0 aliphatic heterocycles. The molecule has 0 amide bonds. The Hall–Kier alpha value is -1.42. The van der Waals surface area contributed by atoms with Crippen molar-refractivity contribution >= 4 is 5.97 Å². The van der Waals surface area contributed by atoms with Crippen molar-refractivity contribution in [2.45, 2.75) is 26.7 Å². The van der Waals surface area contributed by atoms with Crippen LogP contribution in [-0.4, -0.2) is 42.1 Å². The lowest BCUT2D eigenvalue weighted by Crippen LogP contribution is -2.33. The molecule has 1 aromatic heterocycles. The number of carbonyl (C=O) groups excluding carboxylic acids is 1. The molecule has 0 unspecified atom stereocenters. The molecule has 18 heavy (non-hydrogen) atoms. The number of pyridine rings is 1. The Kier molecular flexibility index (Phi) is 7.03. The van der Waals surface area contributed by atoms with Crippen molar-refractivity contribution in [1.29, 1.82) is 0 Å². The van der Waals surface area contributed by atoms with E-state index in [1.54, 1.807) is 12.4 Å². The van der Waals surface area contributed by atoms with Crippen molar-refractivity contribution in [3.63, 3.8) is 0 Å². The molecule has 0 aromatic carbocycles. The second-order valence-corrected chi connectivity index (χ2v) is 4.19. The molecule has 0 bridgehead atoms. The lowest BCUT2D eigenvalue weighted by Gasteiger charge is -2.20. The monoisotopic (exact) mass is 250 g/mol. The zero-order chi connectivity index (χ0) is 13.2. The third kappa shape index (κ3) is 5.77. The van der Waals surface area contributed by atoms with E-state index in [1.165, 1.54) is 5.56 Å². The van der Waals surface area contributed by atoms with Crippen molar-refractivity contribution in [1.82, 2.24) is 9.88 Å². The van der Waals surface area contributed by atoms with Gasteiger partial charge in [-0.2, -0.15) is 0 Å². The summed E-state index contributed by atoms with van der Waals surface area (Å²) in [5.74, 6) is -0.138. The smallest absolute Gasteiger partial charge is 0.320 e. The summed E-state index contributed by atoms with van der Waals surface area (Å²) in [4.78, 5) is 17.6. The number of hydrogen-bond donors (Lipinski definition) is 0. The van der Waals surface area contributed by atoms with Crippen LogP contribution in [0, 0.1) is 0 Å². The average molecular weight is 250 g/mol. The maximum atomic E-state index is 11.5. The first-order chi connectivity index (χ1) is 8.76. The summed E-state index contributed by atoms with van der Waals surface area (Å²) < 4.78 is 4.98. The van der Waals surface area contributed by atoms with E-state index in [4.69, 9.17) is 4.74 Å². The van der Waals surface area contributed by atoms with E-state index in [9.17, 15) is 4.79 Å². The molecular formula is C14H22N2O2. The standard InChI is InChI=1S/C14H22N2O2/c1-3-10-16(12-14(17)18-4-2)11-7-13-5-8-15-9-6-13/h5-6,8-9H,3-4,7,10-12H2,1-2H3. The van der Waals surface area contributed by atoms with Gasteiger partial charge in [-0.05, 0) is 44.0 Å². The molecule has 4 heteroatoms. The lowest BCUT2D eigenvalue weighted by atomic mass is 10.2. The summed E-state index contributed by atoms with van der Waals surface area (Å²) in [7, 11) is 0. The van der Waals surface area contributed by atoms with Crippen LogP contribution < -0.4 is 0 Å². The van der Waals surface area contributed by atoms with Crippen molar-refractivity contribution in [3.05, 3.63) is 30.1 Å². The third-order valence-corrected chi connectivity index (χ3v) is 2.66. The van der Waals surface area contributed by atoms with Gasteiger partial charge >= 0.3 is 5.97 Å². The zero-order valence-electron chi connectivity index (χ0n) is 11.3. The van der Waals surface area contributed by atoms with Gasteiger partial charge in [0.2, 0.25) is 0 Å². The van der Waals surface area contributed by atoms with Crippen LogP contribution in [0.1, 0.15) is 25.8 Å². The number of hydrogen-bond acceptors (Lipinski definition) is 4. The Morgan fingerprint density at radius 2 is 2.00 bits per heavy atom. The van der Waals surface area contributed by atoms with E-state index in [1.807, 2.05) is 19.1 Å². The molecule has 100 valence electrons. The zero-order valence-corrected chi connectivity index (χ0v) is 11.3. The van der Waals surface area contributed by atoms with Crippen molar-refractivity contribution in [3.8, 4) is 0 Å². The van der Waals surface area contributed by atoms with Gasteiger partial charge in [-0.15, -0.1) is 0 Å². The maximum absolute atomic E-state index is 11.5. The van der Waals surface area contributed by atoms with Crippen molar-refractivity contribution < 1.29 is 9.53 Å². The summed E-state index contributed by atoms with van der Waals surface area (Å²) >= 11 is 0. The van der Waals surface area contributed by atoms with Crippen LogP contribution in [0.15, 0.2) is 24.5 Å². The molecule has 4 nitrogen and oxygen atoms in total. The van der Waals surface area contributed by atoms with Crippen LogP contribution in [0.4, 0.5) is 0 Å². The summed E-state index contributed by atoms with van der Waals surface area (Å²) in [6.07, 6.45) is 5.56. The van der Waals surface area contributed by atoms with Crippen molar-refractivity contribution in [2.24, 2.45) is 0 Å². The Balaban J connectivity index is 2.40. The van der Waals surface area contributed by atoms with E-state index in [2.05, 4.69) is 16.8 Å². The SMILES string of the molecule is CCCN(CCc1ccncc1)CC(=O)OCC. The molecule has 0 radical (unpaired) electrons. The molecule has 0 saturated heterocycles. The topological polar surface area (TPSA) is 42.4 Å². The van der Waals surface area contributed by atoms with Gasteiger partial charge in [0.05, 0.1) is 13.2 Å². The fourth-order valence-electron chi connectivity index (χ4n) is 1.81. The highest BCUT2D eigenvalue weighted by Gasteiger charge is 2.10.